The second kappa shape index (κ2) is 8.52. The third kappa shape index (κ3) is 5.42. The van der Waals surface area contributed by atoms with Gasteiger partial charge in [-0.15, -0.1) is 0 Å². The highest BCUT2D eigenvalue weighted by Gasteiger charge is 2.15. The maximum absolute atomic E-state index is 3.65. The Bertz CT molecular complexity index is 401. The molecule has 1 aromatic carbocycles. The summed E-state index contributed by atoms with van der Waals surface area (Å²) < 4.78 is 0. The van der Waals surface area contributed by atoms with Crippen molar-refractivity contribution in [2.45, 2.75) is 32.7 Å². The van der Waals surface area contributed by atoms with Crippen molar-refractivity contribution in [2.24, 2.45) is 0 Å². The van der Waals surface area contributed by atoms with Crippen LogP contribution in [0.2, 0.25) is 0 Å². The third-order valence-electron chi connectivity index (χ3n) is 4.48. The summed E-state index contributed by atoms with van der Waals surface area (Å²) >= 11 is 0. The van der Waals surface area contributed by atoms with Crippen molar-refractivity contribution in [2.75, 3.05) is 46.3 Å². The minimum absolute atomic E-state index is 0.483. The van der Waals surface area contributed by atoms with E-state index in [1.54, 1.807) is 0 Å². The zero-order chi connectivity index (χ0) is 15.1. The van der Waals surface area contributed by atoms with Crippen LogP contribution in [-0.4, -0.2) is 56.1 Å². The van der Waals surface area contributed by atoms with Gasteiger partial charge in [-0.25, -0.2) is 0 Å². The van der Waals surface area contributed by atoms with Gasteiger partial charge in [0.05, 0.1) is 0 Å². The van der Waals surface area contributed by atoms with Crippen molar-refractivity contribution in [3.8, 4) is 0 Å². The molecule has 1 N–H and O–H groups in total. The second-order valence-electron chi connectivity index (χ2n) is 6.31. The van der Waals surface area contributed by atoms with Crippen LogP contribution in [0.1, 0.15) is 36.9 Å². The monoisotopic (exact) mass is 289 g/mol. The summed E-state index contributed by atoms with van der Waals surface area (Å²) in [5.74, 6) is 0. The quantitative estimate of drug-likeness (QED) is 0.868. The zero-order valence-corrected chi connectivity index (χ0v) is 13.9. The standard InChI is InChI=1S/C18H31N3/c1-4-19-18(17-8-6-16(2)7-9-17)10-13-21-12-5-11-20(3)14-15-21/h6-9,18-19H,4-5,10-15H2,1-3H3. The van der Waals surface area contributed by atoms with Crippen molar-refractivity contribution in [3.05, 3.63) is 35.4 Å². The molecule has 21 heavy (non-hydrogen) atoms. The molecule has 3 heteroatoms. The Morgan fingerprint density at radius 2 is 1.86 bits per heavy atom. The fourth-order valence-corrected chi connectivity index (χ4v) is 3.07. The van der Waals surface area contributed by atoms with Crippen LogP contribution in [0.15, 0.2) is 24.3 Å². The molecule has 2 rings (SSSR count). The van der Waals surface area contributed by atoms with Gasteiger partial charge in [-0.05, 0) is 58.6 Å². The fraction of sp³-hybridized carbons (Fsp3) is 0.667. The zero-order valence-electron chi connectivity index (χ0n) is 13.9. The van der Waals surface area contributed by atoms with E-state index in [9.17, 15) is 0 Å². The van der Waals surface area contributed by atoms with Crippen molar-refractivity contribution in [3.63, 3.8) is 0 Å². The topological polar surface area (TPSA) is 18.5 Å². The van der Waals surface area contributed by atoms with E-state index in [2.05, 4.69) is 60.3 Å². The highest BCUT2D eigenvalue weighted by atomic mass is 15.2. The molecule has 0 amide bonds. The van der Waals surface area contributed by atoms with Crippen LogP contribution in [0.3, 0.4) is 0 Å². The van der Waals surface area contributed by atoms with Gasteiger partial charge in [-0.1, -0.05) is 36.8 Å². The molecule has 0 bridgehead atoms. The Kier molecular flexibility index (Phi) is 6.68. The number of benzene rings is 1. The number of rotatable bonds is 6. The molecule has 1 aliphatic heterocycles. The van der Waals surface area contributed by atoms with Crippen LogP contribution in [0.4, 0.5) is 0 Å². The van der Waals surface area contributed by atoms with Gasteiger partial charge in [0, 0.05) is 19.1 Å². The molecule has 118 valence electrons. The number of hydrogen-bond acceptors (Lipinski definition) is 3. The van der Waals surface area contributed by atoms with Gasteiger partial charge < -0.3 is 15.1 Å². The Hall–Kier alpha value is -0.900. The smallest absolute Gasteiger partial charge is 0.0332 e. The predicted molar refractivity (Wildman–Crippen MR) is 90.8 cm³/mol. The molecule has 1 atom stereocenters. The SMILES string of the molecule is CCNC(CCN1CCCN(C)CC1)c1ccc(C)cc1. The number of nitrogens with zero attached hydrogens (tertiary/aromatic N) is 2. The lowest BCUT2D eigenvalue weighted by Crippen LogP contribution is -2.32. The lowest BCUT2D eigenvalue weighted by Gasteiger charge is -2.24. The summed E-state index contributed by atoms with van der Waals surface area (Å²) in [6, 6.07) is 9.48. The average Bonchev–Trinajstić information content (AvgIpc) is 2.69. The van der Waals surface area contributed by atoms with E-state index in [1.165, 1.54) is 56.7 Å². The minimum Gasteiger partial charge on any atom is -0.310 e. The molecule has 3 nitrogen and oxygen atoms in total. The lowest BCUT2D eigenvalue weighted by atomic mass is 10.0. The molecule has 0 spiro atoms. The number of likely N-dealkylation sites (N-methyl/N-ethyl adjacent to an activating group) is 1. The van der Waals surface area contributed by atoms with E-state index < -0.39 is 0 Å². The summed E-state index contributed by atoms with van der Waals surface area (Å²) in [6.07, 6.45) is 2.49. The molecule has 1 aromatic rings. The summed E-state index contributed by atoms with van der Waals surface area (Å²) in [5.41, 5.74) is 2.76. The van der Waals surface area contributed by atoms with Gasteiger partial charge in [0.2, 0.25) is 0 Å². The van der Waals surface area contributed by atoms with Gasteiger partial charge in [0.25, 0.3) is 0 Å². The second-order valence-corrected chi connectivity index (χ2v) is 6.31. The summed E-state index contributed by atoms with van der Waals surface area (Å²) in [4.78, 5) is 5.07. The molecule has 1 aliphatic rings. The van der Waals surface area contributed by atoms with E-state index in [1.807, 2.05) is 0 Å². The fourth-order valence-electron chi connectivity index (χ4n) is 3.07. The summed E-state index contributed by atoms with van der Waals surface area (Å²) in [7, 11) is 2.23. The molecule has 1 fully saturated rings. The van der Waals surface area contributed by atoms with Crippen molar-refractivity contribution in [1.29, 1.82) is 0 Å². The van der Waals surface area contributed by atoms with Gasteiger partial charge in [-0.2, -0.15) is 0 Å². The largest absolute Gasteiger partial charge is 0.310 e. The van der Waals surface area contributed by atoms with Crippen molar-refractivity contribution < 1.29 is 0 Å². The molecule has 0 aliphatic carbocycles. The maximum Gasteiger partial charge on any atom is 0.0332 e. The van der Waals surface area contributed by atoms with Crippen molar-refractivity contribution in [1.82, 2.24) is 15.1 Å². The molecule has 1 unspecified atom stereocenters. The molecule has 0 saturated carbocycles. The summed E-state index contributed by atoms with van der Waals surface area (Å²) in [6.45, 7) is 11.5. The lowest BCUT2D eigenvalue weighted by molar-refractivity contribution is 0.261. The number of hydrogen-bond donors (Lipinski definition) is 1. The molecular formula is C18H31N3. The molecule has 0 radical (unpaired) electrons. The van der Waals surface area contributed by atoms with Crippen LogP contribution >= 0.6 is 0 Å². The highest BCUT2D eigenvalue weighted by molar-refractivity contribution is 5.24. The Labute approximate surface area is 130 Å². The van der Waals surface area contributed by atoms with Crippen LogP contribution in [0.25, 0.3) is 0 Å². The van der Waals surface area contributed by atoms with Gasteiger partial charge in [0.15, 0.2) is 0 Å². The summed E-state index contributed by atoms with van der Waals surface area (Å²) in [5, 5.41) is 3.65. The Balaban J connectivity index is 1.89. The maximum atomic E-state index is 3.65. The van der Waals surface area contributed by atoms with Gasteiger partial charge in [0.1, 0.15) is 0 Å². The molecule has 0 aromatic heterocycles. The Morgan fingerprint density at radius 1 is 1.10 bits per heavy atom. The predicted octanol–water partition coefficient (Wildman–Crippen LogP) is 2.67. The first-order chi connectivity index (χ1) is 10.2. The first kappa shape index (κ1) is 16.5. The van der Waals surface area contributed by atoms with Crippen LogP contribution < -0.4 is 5.32 Å². The average molecular weight is 289 g/mol. The van der Waals surface area contributed by atoms with E-state index in [4.69, 9.17) is 0 Å². The minimum atomic E-state index is 0.483. The van der Waals surface area contributed by atoms with Crippen LogP contribution in [0.5, 0.6) is 0 Å². The van der Waals surface area contributed by atoms with Crippen LogP contribution in [0, 0.1) is 6.92 Å². The first-order valence-corrected chi connectivity index (χ1v) is 8.40. The highest BCUT2D eigenvalue weighted by Crippen LogP contribution is 2.18. The van der Waals surface area contributed by atoms with Gasteiger partial charge >= 0.3 is 0 Å². The van der Waals surface area contributed by atoms with E-state index in [-0.39, 0.29) is 0 Å². The third-order valence-corrected chi connectivity index (χ3v) is 4.48. The normalized spacial score (nSPS) is 19.4. The van der Waals surface area contributed by atoms with E-state index in [0.717, 1.165) is 6.54 Å². The molecule has 1 saturated heterocycles. The van der Waals surface area contributed by atoms with E-state index >= 15 is 0 Å². The van der Waals surface area contributed by atoms with E-state index in [0.29, 0.717) is 6.04 Å². The van der Waals surface area contributed by atoms with Crippen molar-refractivity contribution >= 4 is 0 Å². The van der Waals surface area contributed by atoms with Crippen LogP contribution in [-0.2, 0) is 0 Å². The number of nitrogens with one attached hydrogen (secondary N) is 1. The Morgan fingerprint density at radius 3 is 2.57 bits per heavy atom. The molecule has 1 heterocycles. The van der Waals surface area contributed by atoms with Gasteiger partial charge in [-0.3, -0.25) is 0 Å². The molecular weight excluding hydrogens is 258 g/mol. The number of aryl methyl sites for hydroxylation is 1. The first-order valence-electron chi connectivity index (χ1n) is 8.40.